The molecule has 2 unspecified atom stereocenters. The van der Waals surface area contributed by atoms with Gasteiger partial charge in [0, 0.05) is 6.42 Å². The maximum Gasteiger partial charge on any atom is 0.491 e. The second-order valence-corrected chi connectivity index (χ2v) is 8.47. The molecule has 0 spiro atoms. The number of hydrogen-bond donors (Lipinski definition) is 2. The van der Waals surface area contributed by atoms with Crippen LogP contribution in [0, 0.1) is 0 Å². The molecule has 0 aliphatic carbocycles. The third kappa shape index (κ3) is 5.63. The molecular formula is C27H27F3N2O4. The van der Waals surface area contributed by atoms with Crippen molar-refractivity contribution >= 4 is 5.97 Å². The summed E-state index contributed by atoms with van der Waals surface area (Å²) in [4.78, 5) is 12.0. The third-order valence-electron chi connectivity index (χ3n) is 6.14. The molecule has 0 aromatic heterocycles. The Kier molecular flexibility index (Phi) is 7.51. The molecule has 1 aliphatic rings. The number of rotatable bonds is 8. The van der Waals surface area contributed by atoms with Crippen LogP contribution in [0.1, 0.15) is 35.2 Å². The number of nitrogens with one attached hydrogen (secondary N) is 2. The fourth-order valence-electron chi connectivity index (χ4n) is 4.41. The van der Waals surface area contributed by atoms with Gasteiger partial charge < -0.3 is 14.2 Å². The van der Waals surface area contributed by atoms with Crippen LogP contribution in [0.15, 0.2) is 78.9 Å². The summed E-state index contributed by atoms with van der Waals surface area (Å²) in [6.45, 7) is 0. The number of ether oxygens (including phenoxy) is 3. The third-order valence-corrected chi connectivity index (χ3v) is 6.14. The molecule has 1 heterocycles. The zero-order chi connectivity index (χ0) is 25.8. The molecule has 1 saturated heterocycles. The van der Waals surface area contributed by atoms with Crippen molar-refractivity contribution in [3.63, 3.8) is 0 Å². The van der Waals surface area contributed by atoms with Crippen LogP contribution < -0.4 is 20.1 Å². The van der Waals surface area contributed by atoms with Gasteiger partial charge in [-0.3, -0.25) is 10.6 Å². The summed E-state index contributed by atoms with van der Waals surface area (Å²) in [5, 5.41) is 6.37. The SMILES string of the molecule is COc1ccc(CCC2(OC(=O)C(F)(F)F)NC(c3ccccc3)C(c3ccccc3)N2)cc1OC. The van der Waals surface area contributed by atoms with Crippen molar-refractivity contribution in [3.05, 3.63) is 95.6 Å². The average Bonchev–Trinajstić information content (AvgIpc) is 3.27. The number of esters is 1. The zero-order valence-electron chi connectivity index (χ0n) is 19.8. The van der Waals surface area contributed by atoms with Crippen molar-refractivity contribution in [1.29, 1.82) is 0 Å². The molecule has 1 fully saturated rings. The predicted molar refractivity (Wildman–Crippen MR) is 127 cm³/mol. The molecular weight excluding hydrogens is 473 g/mol. The fourth-order valence-corrected chi connectivity index (χ4v) is 4.41. The Labute approximate surface area is 207 Å². The van der Waals surface area contributed by atoms with Crippen LogP contribution in [0.25, 0.3) is 0 Å². The van der Waals surface area contributed by atoms with Gasteiger partial charge in [0.1, 0.15) is 0 Å². The molecule has 3 aromatic rings. The quantitative estimate of drug-likeness (QED) is 0.421. The minimum Gasteiger partial charge on any atom is -0.493 e. The van der Waals surface area contributed by atoms with Crippen LogP contribution >= 0.6 is 0 Å². The normalized spacial score (nSPS) is 21.7. The van der Waals surface area contributed by atoms with Gasteiger partial charge in [-0.2, -0.15) is 13.2 Å². The molecule has 1 aliphatic heterocycles. The molecule has 0 amide bonds. The lowest BCUT2D eigenvalue weighted by Gasteiger charge is -2.31. The van der Waals surface area contributed by atoms with Crippen molar-refractivity contribution in [2.24, 2.45) is 0 Å². The van der Waals surface area contributed by atoms with E-state index in [0.29, 0.717) is 11.5 Å². The summed E-state index contributed by atoms with van der Waals surface area (Å²) in [5.74, 6) is -3.02. The van der Waals surface area contributed by atoms with E-state index in [4.69, 9.17) is 14.2 Å². The summed E-state index contributed by atoms with van der Waals surface area (Å²) in [7, 11) is 3.02. The van der Waals surface area contributed by atoms with Crippen LogP contribution in [0.3, 0.4) is 0 Å². The smallest absolute Gasteiger partial charge is 0.491 e. The molecule has 2 atom stereocenters. The standard InChI is InChI=1S/C27H27F3N2O4/c1-34-21-14-13-18(17-22(21)35-2)15-16-26(36-25(33)27(28,29)30)31-23(19-9-5-3-6-10-19)24(32-26)20-11-7-4-8-12-20/h3-14,17,23-24,31-32H,15-16H2,1-2H3. The lowest BCUT2D eigenvalue weighted by atomic mass is 9.95. The zero-order valence-corrected chi connectivity index (χ0v) is 19.8. The summed E-state index contributed by atoms with van der Waals surface area (Å²) in [6, 6.07) is 23.0. The highest BCUT2D eigenvalue weighted by atomic mass is 19.4. The van der Waals surface area contributed by atoms with E-state index in [1.807, 2.05) is 60.7 Å². The van der Waals surface area contributed by atoms with Crippen LogP contribution in [0.2, 0.25) is 0 Å². The topological polar surface area (TPSA) is 68.8 Å². The molecule has 0 bridgehead atoms. The molecule has 0 radical (unpaired) electrons. The molecule has 6 nitrogen and oxygen atoms in total. The van der Waals surface area contributed by atoms with Gasteiger partial charge in [0.2, 0.25) is 5.85 Å². The first kappa shape index (κ1) is 25.5. The highest BCUT2D eigenvalue weighted by molar-refractivity contribution is 5.76. The first-order valence-electron chi connectivity index (χ1n) is 11.4. The molecule has 2 N–H and O–H groups in total. The van der Waals surface area contributed by atoms with E-state index in [1.165, 1.54) is 14.2 Å². The van der Waals surface area contributed by atoms with Crippen LogP contribution in [-0.2, 0) is 16.0 Å². The Bertz CT molecular complexity index is 1130. The number of methoxy groups -OCH3 is 2. The first-order chi connectivity index (χ1) is 17.2. The maximum atomic E-state index is 13.3. The van der Waals surface area contributed by atoms with Crippen LogP contribution in [-0.4, -0.2) is 32.2 Å². The number of hydrogen-bond acceptors (Lipinski definition) is 6. The average molecular weight is 501 g/mol. The fraction of sp³-hybridized carbons (Fsp3) is 0.296. The van der Waals surface area contributed by atoms with Gasteiger partial charge in [0.25, 0.3) is 0 Å². The van der Waals surface area contributed by atoms with Crippen LogP contribution in [0.4, 0.5) is 13.2 Å². The van der Waals surface area contributed by atoms with Crippen molar-refractivity contribution in [2.75, 3.05) is 14.2 Å². The van der Waals surface area contributed by atoms with E-state index < -0.39 is 30.1 Å². The molecule has 9 heteroatoms. The van der Waals surface area contributed by atoms with Gasteiger partial charge in [0.15, 0.2) is 11.5 Å². The van der Waals surface area contributed by atoms with Crippen molar-refractivity contribution in [3.8, 4) is 11.5 Å². The number of aryl methyl sites for hydroxylation is 1. The Morgan fingerprint density at radius 2 is 1.36 bits per heavy atom. The monoisotopic (exact) mass is 500 g/mol. The minimum absolute atomic E-state index is 0.0248. The first-order valence-corrected chi connectivity index (χ1v) is 11.4. The molecule has 4 rings (SSSR count). The van der Waals surface area contributed by atoms with E-state index in [-0.39, 0.29) is 12.8 Å². The lowest BCUT2D eigenvalue weighted by molar-refractivity contribution is -0.219. The van der Waals surface area contributed by atoms with Crippen molar-refractivity contribution in [2.45, 2.75) is 37.0 Å². The number of alkyl halides is 3. The molecule has 190 valence electrons. The highest BCUT2D eigenvalue weighted by Crippen LogP contribution is 2.40. The second kappa shape index (κ2) is 10.6. The van der Waals surface area contributed by atoms with E-state index in [0.717, 1.165) is 16.7 Å². The molecule has 3 aromatic carbocycles. The Morgan fingerprint density at radius 1 is 0.833 bits per heavy atom. The summed E-state index contributed by atoms with van der Waals surface area (Å²) < 4.78 is 55.6. The van der Waals surface area contributed by atoms with Gasteiger partial charge in [0.05, 0.1) is 26.3 Å². The highest BCUT2D eigenvalue weighted by Gasteiger charge is 2.52. The van der Waals surface area contributed by atoms with Crippen molar-refractivity contribution in [1.82, 2.24) is 10.6 Å². The van der Waals surface area contributed by atoms with Gasteiger partial charge in [-0.1, -0.05) is 66.7 Å². The van der Waals surface area contributed by atoms with Crippen LogP contribution in [0.5, 0.6) is 11.5 Å². The summed E-state index contributed by atoms with van der Waals surface area (Å²) in [6.07, 6.45) is -4.84. The number of carbonyl (C=O) groups excluding carboxylic acids is 1. The van der Waals surface area contributed by atoms with Gasteiger partial charge in [-0.15, -0.1) is 0 Å². The van der Waals surface area contributed by atoms with E-state index in [9.17, 15) is 18.0 Å². The molecule has 36 heavy (non-hydrogen) atoms. The number of halogens is 3. The second-order valence-electron chi connectivity index (χ2n) is 8.47. The summed E-state index contributed by atoms with van der Waals surface area (Å²) >= 11 is 0. The lowest BCUT2D eigenvalue weighted by Crippen LogP contribution is -2.55. The molecule has 0 saturated carbocycles. The summed E-state index contributed by atoms with van der Waals surface area (Å²) in [5.41, 5.74) is 2.46. The van der Waals surface area contributed by atoms with Gasteiger partial charge in [-0.25, -0.2) is 4.79 Å². The minimum atomic E-state index is -5.15. The Balaban J connectivity index is 1.69. The van der Waals surface area contributed by atoms with E-state index in [2.05, 4.69) is 10.6 Å². The largest absolute Gasteiger partial charge is 0.493 e. The van der Waals surface area contributed by atoms with E-state index in [1.54, 1.807) is 18.2 Å². The van der Waals surface area contributed by atoms with Gasteiger partial charge in [-0.05, 0) is 35.2 Å². The van der Waals surface area contributed by atoms with Crippen molar-refractivity contribution < 1.29 is 32.2 Å². The predicted octanol–water partition coefficient (Wildman–Crippen LogP) is 5.07. The maximum absolute atomic E-state index is 13.3. The Hall–Kier alpha value is -3.56. The van der Waals surface area contributed by atoms with Gasteiger partial charge >= 0.3 is 12.1 Å². The number of carbonyl (C=O) groups is 1. The Morgan fingerprint density at radius 3 is 1.83 bits per heavy atom. The number of benzene rings is 3. The van der Waals surface area contributed by atoms with E-state index >= 15 is 0 Å².